The van der Waals surface area contributed by atoms with Crippen LogP contribution in [-0.2, 0) is 4.79 Å². The van der Waals surface area contributed by atoms with Crippen molar-refractivity contribution in [1.82, 2.24) is 0 Å². The Bertz CT molecular complexity index is 723. The number of benzene rings is 2. The number of amides is 1. The highest BCUT2D eigenvalue weighted by Gasteiger charge is 2.11. The second-order valence-corrected chi connectivity index (χ2v) is 4.73. The van der Waals surface area contributed by atoms with Crippen LogP contribution in [0.4, 0.5) is 0 Å². The largest absolute Gasteiger partial charge is 0.496 e. The number of carbonyl (C=O) groups excluding carboxylic acids is 2. The van der Waals surface area contributed by atoms with E-state index in [1.54, 1.807) is 24.3 Å². The summed E-state index contributed by atoms with van der Waals surface area (Å²) >= 11 is 0. The summed E-state index contributed by atoms with van der Waals surface area (Å²) in [7, 11) is 1.46. The van der Waals surface area contributed by atoms with E-state index in [2.05, 4.69) is 0 Å². The molecule has 0 aliphatic heterocycles. The van der Waals surface area contributed by atoms with Gasteiger partial charge in [-0.1, -0.05) is 36.4 Å². The zero-order valence-electron chi connectivity index (χ0n) is 12.7. The van der Waals surface area contributed by atoms with Crippen molar-refractivity contribution in [2.24, 2.45) is 5.73 Å². The van der Waals surface area contributed by atoms with Crippen molar-refractivity contribution in [2.45, 2.75) is 0 Å². The van der Waals surface area contributed by atoms with E-state index < -0.39 is 5.91 Å². The molecule has 0 atom stereocenters. The third kappa shape index (κ3) is 4.71. The van der Waals surface area contributed by atoms with Crippen molar-refractivity contribution < 1.29 is 19.1 Å². The predicted molar refractivity (Wildman–Crippen MR) is 87.5 cm³/mol. The van der Waals surface area contributed by atoms with Crippen molar-refractivity contribution in [2.75, 3.05) is 13.7 Å². The van der Waals surface area contributed by atoms with Gasteiger partial charge in [0.2, 0.25) is 0 Å². The molecule has 23 heavy (non-hydrogen) atoms. The topological polar surface area (TPSA) is 78.6 Å². The molecule has 0 saturated carbocycles. The standard InChI is InChI=1S/C18H17NO4/c1-22-17-11-14(23-12-18(19)21)8-9-15(17)16(20)10-7-13-5-3-2-4-6-13/h2-11H,12H2,1H3,(H2,19,21)/b10-7+. The molecule has 2 aromatic rings. The summed E-state index contributed by atoms with van der Waals surface area (Å²) in [5, 5.41) is 0. The maximum absolute atomic E-state index is 12.3. The molecule has 5 heteroatoms. The number of rotatable bonds is 7. The summed E-state index contributed by atoms with van der Waals surface area (Å²) in [4.78, 5) is 23.0. The highest BCUT2D eigenvalue weighted by Crippen LogP contribution is 2.25. The first-order valence-corrected chi connectivity index (χ1v) is 6.97. The van der Waals surface area contributed by atoms with Crippen LogP contribution in [0, 0.1) is 0 Å². The van der Waals surface area contributed by atoms with Crippen LogP contribution in [-0.4, -0.2) is 25.4 Å². The Morgan fingerprint density at radius 2 is 1.87 bits per heavy atom. The lowest BCUT2D eigenvalue weighted by Crippen LogP contribution is -2.20. The Balaban J connectivity index is 2.16. The summed E-state index contributed by atoms with van der Waals surface area (Å²) < 4.78 is 10.4. The lowest BCUT2D eigenvalue weighted by Gasteiger charge is -2.09. The minimum Gasteiger partial charge on any atom is -0.496 e. The van der Waals surface area contributed by atoms with E-state index >= 15 is 0 Å². The number of primary amides is 1. The van der Waals surface area contributed by atoms with Crippen LogP contribution >= 0.6 is 0 Å². The van der Waals surface area contributed by atoms with E-state index in [1.165, 1.54) is 13.2 Å². The molecular weight excluding hydrogens is 294 g/mol. The number of ketones is 1. The zero-order valence-corrected chi connectivity index (χ0v) is 12.7. The van der Waals surface area contributed by atoms with Gasteiger partial charge in [0.15, 0.2) is 12.4 Å². The van der Waals surface area contributed by atoms with Gasteiger partial charge in [-0.2, -0.15) is 0 Å². The van der Waals surface area contributed by atoms with Crippen LogP contribution in [0.25, 0.3) is 6.08 Å². The molecular formula is C18H17NO4. The molecule has 0 aliphatic rings. The minimum absolute atomic E-state index is 0.188. The molecule has 2 aromatic carbocycles. The van der Waals surface area contributed by atoms with Gasteiger partial charge >= 0.3 is 0 Å². The van der Waals surface area contributed by atoms with Gasteiger partial charge in [0.25, 0.3) is 5.91 Å². The normalized spacial score (nSPS) is 10.5. The van der Waals surface area contributed by atoms with Crippen molar-refractivity contribution >= 4 is 17.8 Å². The van der Waals surface area contributed by atoms with Gasteiger partial charge < -0.3 is 15.2 Å². The molecule has 0 spiro atoms. The fraction of sp³-hybridized carbons (Fsp3) is 0.111. The molecule has 0 heterocycles. The van der Waals surface area contributed by atoms with Crippen LogP contribution in [0.5, 0.6) is 11.5 Å². The Kier molecular flexibility index (Phi) is 5.52. The molecule has 118 valence electrons. The molecule has 0 saturated heterocycles. The smallest absolute Gasteiger partial charge is 0.255 e. The summed E-state index contributed by atoms with van der Waals surface area (Å²) in [5.41, 5.74) is 6.37. The maximum atomic E-state index is 12.3. The van der Waals surface area contributed by atoms with Gasteiger partial charge in [-0.25, -0.2) is 0 Å². The van der Waals surface area contributed by atoms with Gasteiger partial charge in [0, 0.05) is 6.07 Å². The number of hydrogen-bond donors (Lipinski definition) is 1. The quantitative estimate of drug-likeness (QED) is 0.629. The molecule has 0 aliphatic carbocycles. The fourth-order valence-corrected chi connectivity index (χ4v) is 1.95. The zero-order chi connectivity index (χ0) is 16.7. The third-order valence-corrected chi connectivity index (χ3v) is 3.05. The molecule has 0 radical (unpaired) electrons. The van der Waals surface area contributed by atoms with E-state index in [9.17, 15) is 9.59 Å². The molecule has 0 fully saturated rings. The van der Waals surface area contributed by atoms with E-state index in [0.29, 0.717) is 17.1 Å². The highest BCUT2D eigenvalue weighted by molar-refractivity contribution is 6.08. The lowest BCUT2D eigenvalue weighted by molar-refractivity contribution is -0.119. The Morgan fingerprint density at radius 1 is 1.13 bits per heavy atom. The van der Waals surface area contributed by atoms with E-state index in [-0.39, 0.29) is 12.4 Å². The summed E-state index contributed by atoms with van der Waals surface area (Å²) in [6.07, 6.45) is 3.22. The first kappa shape index (κ1) is 16.3. The Hall–Kier alpha value is -3.08. The average molecular weight is 311 g/mol. The van der Waals surface area contributed by atoms with E-state index in [0.717, 1.165) is 5.56 Å². The van der Waals surface area contributed by atoms with Gasteiger partial charge in [-0.3, -0.25) is 9.59 Å². The van der Waals surface area contributed by atoms with Crippen molar-refractivity contribution in [1.29, 1.82) is 0 Å². The monoisotopic (exact) mass is 311 g/mol. The summed E-state index contributed by atoms with van der Waals surface area (Å²) in [6.45, 7) is -0.232. The summed E-state index contributed by atoms with van der Waals surface area (Å²) in [6, 6.07) is 14.2. The molecule has 0 aromatic heterocycles. The SMILES string of the molecule is COc1cc(OCC(N)=O)ccc1C(=O)/C=C/c1ccccc1. The number of carbonyl (C=O) groups is 2. The van der Waals surface area contributed by atoms with Crippen LogP contribution in [0.2, 0.25) is 0 Å². The Labute approximate surface area is 134 Å². The molecule has 0 bridgehead atoms. The van der Waals surface area contributed by atoms with Gasteiger partial charge in [-0.15, -0.1) is 0 Å². The van der Waals surface area contributed by atoms with Crippen molar-refractivity contribution in [3.05, 3.63) is 65.7 Å². The number of allylic oxidation sites excluding steroid dienone is 1. The third-order valence-electron chi connectivity index (χ3n) is 3.05. The lowest BCUT2D eigenvalue weighted by atomic mass is 10.1. The van der Waals surface area contributed by atoms with Crippen LogP contribution in [0.3, 0.4) is 0 Å². The van der Waals surface area contributed by atoms with Crippen molar-refractivity contribution in [3.63, 3.8) is 0 Å². The van der Waals surface area contributed by atoms with Gasteiger partial charge in [0.1, 0.15) is 11.5 Å². The minimum atomic E-state index is -0.574. The molecule has 1 amide bonds. The first-order valence-electron chi connectivity index (χ1n) is 6.97. The second kappa shape index (κ2) is 7.79. The predicted octanol–water partition coefficient (Wildman–Crippen LogP) is 2.46. The van der Waals surface area contributed by atoms with Gasteiger partial charge in [-0.05, 0) is 23.8 Å². The van der Waals surface area contributed by atoms with Crippen LogP contribution < -0.4 is 15.2 Å². The molecule has 5 nitrogen and oxygen atoms in total. The highest BCUT2D eigenvalue weighted by atomic mass is 16.5. The van der Waals surface area contributed by atoms with Crippen molar-refractivity contribution in [3.8, 4) is 11.5 Å². The van der Waals surface area contributed by atoms with E-state index in [1.807, 2.05) is 30.3 Å². The Morgan fingerprint density at radius 3 is 2.52 bits per heavy atom. The molecule has 2 N–H and O–H groups in total. The van der Waals surface area contributed by atoms with Crippen LogP contribution in [0.1, 0.15) is 15.9 Å². The maximum Gasteiger partial charge on any atom is 0.255 e. The fourth-order valence-electron chi connectivity index (χ4n) is 1.95. The average Bonchev–Trinajstić information content (AvgIpc) is 2.58. The van der Waals surface area contributed by atoms with Gasteiger partial charge in [0.05, 0.1) is 12.7 Å². The summed E-state index contributed by atoms with van der Waals surface area (Å²) in [5.74, 6) is 0.0148. The number of nitrogens with two attached hydrogens (primary N) is 1. The number of hydrogen-bond acceptors (Lipinski definition) is 4. The number of methoxy groups -OCH3 is 1. The van der Waals surface area contributed by atoms with Crippen LogP contribution in [0.15, 0.2) is 54.6 Å². The number of ether oxygens (including phenoxy) is 2. The molecule has 0 unspecified atom stereocenters. The van der Waals surface area contributed by atoms with E-state index in [4.69, 9.17) is 15.2 Å². The first-order chi connectivity index (χ1) is 11.1. The molecule has 2 rings (SSSR count). The second-order valence-electron chi connectivity index (χ2n) is 4.73.